The van der Waals surface area contributed by atoms with E-state index in [0.29, 0.717) is 5.92 Å². The minimum Gasteiger partial charge on any atom is -0.465 e. The Hall–Kier alpha value is -1.59. The Morgan fingerprint density at radius 3 is 3.00 bits per heavy atom. The van der Waals surface area contributed by atoms with E-state index in [1.165, 1.54) is 5.56 Å². The van der Waals surface area contributed by atoms with Gasteiger partial charge in [-0.05, 0) is 26.0 Å². The van der Waals surface area contributed by atoms with Crippen LogP contribution in [0.4, 0.5) is 0 Å². The topological polar surface area (TPSA) is 43.4 Å². The van der Waals surface area contributed by atoms with Gasteiger partial charge in [0.1, 0.15) is 11.5 Å². The lowest BCUT2D eigenvalue weighted by atomic mass is 9.95. The van der Waals surface area contributed by atoms with Crippen molar-refractivity contribution in [3.8, 4) is 0 Å². The van der Waals surface area contributed by atoms with Crippen LogP contribution in [0.25, 0.3) is 0 Å². The van der Waals surface area contributed by atoms with Gasteiger partial charge in [0, 0.05) is 44.4 Å². The fraction of sp³-hybridized carbons (Fsp3) is 0.562. The van der Waals surface area contributed by atoms with Crippen molar-refractivity contribution in [2.24, 2.45) is 7.05 Å². The van der Waals surface area contributed by atoms with Crippen LogP contribution in [0.15, 0.2) is 22.7 Å². The van der Waals surface area contributed by atoms with E-state index in [9.17, 15) is 0 Å². The summed E-state index contributed by atoms with van der Waals surface area (Å²) in [5, 5.41) is 4.60. The molecule has 0 amide bonds. The largest absolute Gasteiger partial charge is 0.465 e. The molecule has 1 atom stereocenters. The zero-order valence-electron chi connectivity index (χ0n) is 13.0. The van der Waals surface area contributed by atoms with E-state index >= 15 is 0 Å². The first-order valence-electron chi connectivity index (χ1n) is 7.53. The standard InChI is InChI=1S/C16H23N3O2/c1-4-20-11-13-7-19(8-14-6-5-12(2)21-14)10-16-15(13)9-18(3)17-16/h5-6,9,13H,4,7-8,10-11H2,1-3H3/t13-/m1/s1. The zero-order valence-corrected chi connectivity index (χ0v) is 13.0. The van der Waals surface area contributed by atoms with Gasteiger partial charge in [-0.3, -0.25) is 9.58 Å². The highest BCUT2D eigenvalue weighted by atomic mass is 16.5. The SMILES string of the molecule is CCOC[C@H]1CN(Cc2ccc(C)o2)Cc2nn(C)cc21. The molecule has 2 aromatic heterocycles. The number of nitrogens with zero attached hydrogens (tertiary/aromatic N) is 3. The Balaban J connectivity index is 1.76. The lowest BCUT2D eigenvalue weighted by Gasteiger charge is -2.31. The lowest BCUT2D eigenvalue weighted by molar-refractivity contribution is 0.102. The number of ether oxygens (including phenoxy) is 1. The summed E-state index contributed by atoms with van der Waals surface area (Å²) in [6.07, 6.45) is 2.13. The maximum Gasteiger partial charge on any atom is 0.118 e. The van der Waals surface area contributed by atoms with Gasteiger partial charge >= 0.3 is 0 Å². The smallest absolute Gasteiger partial charge is 0.118 e. The Labute approximate surface area is 125 Å². The third-order valence-electron chi connectivity index (χ3n) is 3.93. The van der Waals surface area contributed by atoms with Crippen LogP contribution in [-0.4, -0.2) is 34.4 Å². The lowest BCUT2D eigenvalue weighted by Crippen LogP contribution is -2.34. The molecule has 0 radical (unpaired) electrons. The first-order valence-corrected chi connectivity index (χ1v) is 7.53. The summed E-state index contributed by atoms with van der Waals surface area (Å²) >= 11 is 0. The minimum atomic E-state index is 0.387. The molecule has 0 spiro atoms. The number of fused-ring (bicyclic) bond motifs is 1. The maximum absolute atomic E-state index is 5.70. The molecular weight excluding hydrogens is 266 g/mol. The Kier molecular flexibility index (Phi) is 4.12. The van der Waals surface area contributed by atoms with Crippen LogP contribution in [0, 0.1) is 6.92 Å². The van der Waals surface area contributed by atoms with E-state index in [1.54, 1.807) is 0 Å². The molecule has 114 valence electrons. The molecule has 5 heteroatoms. The van der Waals surface area contributed by atoms with Crippen molar-refractivity contribution in [2.75, 3.05) is 19.8 Å². The van der Waals surface area contributed by atoms with Gasteiger partial charge in [-0.15, -0.1) is 0 Å². The molecule has 0 N–H and O–H groups in total. The maximum atomic E-state index is 5.70. The van der Waals surface area contributed by atoms with E-state index in [-0.39, 0.29) is 0 Å². The predicted molar refractivity (Wildman–Crippen MR) is 80.0 cm³/mol. The van der Waals surface area contributed by atoms with Crippen molar-refractivity contribution in [2.45, 2.75) is 32.9 Å². The number of aromatic nitrogens is 2. The highest BCUT2D eigenvalue weighted by molar-refractivity contribution is 5.25. The summed E-state index contributed by atoms with van der Waals surface area (Å²) in [6.45, 7) is 8.21. The van der Waals surface area contributed by atoms with E-state index in [2.05, 4.69) is 22.3 Å². The summed E-state index contributed by atoms with van der Waals surface area (Å²) in [7, 11) is 1.98. The summed E-state index contributed by atoms with van der Waals surface area (Å²) in [4.78, 5) is 2.39. The van der Waals surface area contributed by atoms with Gasteiger partial charge < -0.3 is 9.15 Å². The average molecular weight is 289 g/mol. The first kappa shape index (κ1) is 14.4. The Bertz CT molecular complexity index is 602. The van der Waals surface area contributed by atoms with E-state index in [4.69, 9.17) is 9.15 Å². The van der Waals surface area contributed by atoms with Gasteiger partial charge in [0.15, 0.2) is 0 Å². The molecule has 0 bridgehead atoms. The quantitative estimate of drug-likeness (QED) is 0.848. The average Bonchev–Trinajstić information content (AvgIpc) is 3.01. The van der Waals surface area contributed by atoms with Crippen LogP contribution < -0.4 is 0 Å². The van der Waals surface area contributed by atoms with Gasteiger partial charge in [0.25, 0.3) is 0 Å². The van der Waals surface area contributed by atoms with Crippen molar-refractivity contribution >= 4 is 0 Å². The molecule has 0 saturated carbocycles. The fourth-order valence-electron chi connectivity index (χ4n) is 3.02. The van der Waals surface area contributed by atoms with Gasteiger partial charge in [-0.1, -0.05) is 0 Å². The van der Waals surface area contributed by atoms with Crippen molar-refractivity contribution in [1.82, 2.24) is 14.7 Å². The Morgan fingerprint density at radius 1 is 1.43 bits per heavy atom. The molecule has 5 nitrogen and oxygen atoms in total. The molecule has 3 rings (SSSR count). The molecule has 1 aliphatic heterocycles. The van der Waals surface area contributed by atoms with E-state index in [1.807, 2.05) is 31.6 Å². The van der Waals surface area contributed by atoms with Crippen LogP contribution >= 0.6 is 0 Å². The molecule has 0 aromatic carbocycles. The van der Waals surface area contributed by atoms with Crippen molar-refractivity contribution in [1.29, 1.82) is 0 Å². The third kappa shape index (κ3) is 3.19. The van der Waals surface area contributed by atoms with Gasteiger partial charge in [-0.2, -0.15) is 5.10 Å². The molecule has 0 unspecified atom stereocenters. The number of hydrogen-bond acceptors (Lipinski definition) is 4. The molecule has 0 fully saturated rings. The molecule has 3 heterocycles. The Morgan fingerprint density at radius 2 is 2.29 bits per heavy atom. The van der Waals surface area contributed by atoms with Crippen molar-refractivity contribution in [3.05, 3.63) is 41.1 Å². The second kappa shape index (κ2) is 6.03. The van der Waals surface area contributed by atoms with Gasteiger partial charge in [-0.25, -0.2) is 0 Å². The monoisotopic (exact) mass is 289 g/mol. The molecule has 2 aromatic rings. The molecular formula is C16H23N3O2. The van der Waals surface area contributed by atoms with Crippen LogP contribution in [0.3, 0.4) is 0 Å². The van der Waals surface area contributed by atoms with Crippen LogP contribution in [-0.2, 0) is 24.9 Å². The molecule has 21 heavy (non-hydrogen) atoms. The number of rotatable bonds is 5. The molecule has 1 aliphatic rings. The highest BCUT2D eigenvalue weighted by Crippen LogP contribution is 2.28. The first-order chi connectivity index (χ1) is 10.2. The summed E-state index contributed by atoms with van der Waals surface area (Å²) in [5.41, 5.74) is 2.49. The summed E-state index contributed by atoms with van der Waals surface area (Å²) < 4.78 is 13.3. The normalized spacial score (nSPS) is 18.9. The van der Waals surface area contributed by atoms with E-state index in [0.717, 1.165) is 50.1 Å². The third-order valence-corrected chi connectivity index (χ3v) is 3.93. The minimum absolute atomic E-state index is 0.387. The second-order valence-corrected chi connectivity index (χ2v) is 5.74. The summed E-state index contributed by atoms with van der Waals surface area (Å²) in [5.74, 6) is 2.37. The van der Waals surface area contributed by atoms with Gasteiger partial charge in [0.2, 0.25) is 0 Å². The van der Waals surface area contributed by atoms with E-state index < -0.39 is 0 Å². The van der Waals surface area contributed by atoms with Crippen molar-refractivity contribution < 1.29 is 9.15 Å². The van der Waals surface area contributed by atoms with Gasteiger partial charge in [0.05, 0.1) is 18.8 Å². The second-order valence-electron chi connectivity index (χ2n) is 5.74. The molecule has 0 saturated heterocycles. The van der Waals surface area contributed by atoms with Crippen LogP contribution in [0.5, 0.6) is 0 Å². The van der Waals surface area contributed by atoms with Crippen LogP contribution in [0.2, 0.25) is 0 Å². The highest BCUT2D eigenvalue weighted by Gasteiger charge is 2.28. The fourth-order valence-corrected chi connectivity index (χ4v) is 3.02. The van der Waals surface area contributed by atoms with Crippen LogP contribution in [0.1, 0.15) is 35.6 Å². The van der Waals surface area contributed by atoms with Crippen molar-refractivity contribution in [3.63, 3.8) is 0 Å². The number of furan rings is 1. The number of aryl methyl sites for hydroxylation is 2. The summed E-state index contributed by atoms with van der Waals surface area (Å²) in [6, 6.07) is 4.07. The zero-order chi connectivity index (χ0) is 14.8. The predicted octanol–water partition coefficient (Wildman–Crippen LogP) is 2.46. The molecule has 0 aliphatic carbocycles. The number of hydrogen-bond donors (Lipinski definition) is 0.